The fraction of sp³-hybridized carbons (Fsp3) is 0.417. The summed E-state index contributed by atoms with van der Waals surface area (Å²) in [6, 6.07) is 4.11. The van der Waals surface area contributed by atoms with E-state index in [0.29, 0.717) is 5.56 Å². The normalized spacial score (nSPS) is 18.6. The number of aliphatic hydroxyl groups is 1. The number of hydrogen-bond acceptors (Lipinski definition) is 4. The molecule has 1 aliphatic heterocycles. The topological polar surface area (TPSA) is 94.9 Å². The van der Waals surface area contributed by atoms with Crippen molar-refractivity contribution in [3.63, 3.8) is 0 Å². The van der Waals surface area contributed by atoms with Gasteiger partial charge in [-0.15, -0.1) is 0 Å². The van der Waals surface area contributed by atoms with Crippen LogP contribution in [0.3, 0.4) is 0 Å². The first-order chi connectivity index (χ1) is 9.14. The second kappa shape index (κ2) is 4.80. The van der Waals surface area contributed by atoms with Crippen LogP contribution in [-0.2, 0) is 20.6 Å². The van der Waals surface area contributed by atoms with Gasteiger partial charge in [0.1, 0.15) is 5.82 Å². The Morgan fingerprint density at radius 2 is 2.05 bits per heavy atom. The quantitative estimate of drug-likeness (QED) is 0.822. The van der Waals surface area contributed by atoms with E-state index in [9.17, 15) is 22.7 Å². The average Bonchev–Trinajstić information content (AvgIpc) is 2.29. The Bertz CT molecular complexity index is 652. The maximum absolute atomic E-state index is 13.4. The number of β-amino-alcohol motifs (C(OH)–C–C–N with tert-alkyl or cyclic N) is 1. The molecule has 1 heterocycles. The maximum atomic E-state index is 13.4. The summed E-state index contributed by atoms with van der Waals surface area (Å²) in [5, 5.41) is 18.2. The molecule has 1 fully saturated rings. The lowest BCUT2D eigenvalue weighted by Crippen LogP contribution is -2.67. The smallest absolute Gasteiger partial charge is 0.338 e. The molecule has 2 N–H and O–H groups in total. The van der Waals surface area contributed by atoms with E-state index in [1.54, 1.807) is 6.92 Å². The van der Waals surface area contributed by atoms with E-state index in [1.807, 2.05) is 0 Å². The van der Waals surface area contributed by atoms with Crippen molar-refractivity contribution in [2.75, 3.05) is 13.1 Å². The molecule has 0 unspecified atom stereocenters. The summed E-state index contributed by atoms with van der Waals surface area (Å²) in [6.07, 6.45) is 0. The van der Waals surface area contributed by atoms with Gasteiger partial charge in [0, 0.05) is 0 Å². The predicted octanol–water partition coefficient (Wildman–Crippen LogP) is 0.0952. The van der Waals surface area contributed by atoms with E-state index in [2.05, 4.69) is 0 Å². The Morgan fingerprint density at radius 3 is 2.55 bits per heavy atom. The SMILES string of the molecule is Cc1ccc(CS(=O)(=O)N2CC(O)(C(=O)O)C2)cc1F. The molecule has 2 rings (SSSR count). The first-order valence-electron chi connectivity index (χ1n) is 5.83. The van der Waals surface area contributed by atoms with Gasteiger partial charge in [0.15, 0.2) is 5.60 Å². The van der Waals surface area contributed by atoms with Crippen LogP contribution in [0, 0.1) is 12.7 Å². The van der Waals surface area contributed by atoms with Gasteiger partial charge in [0.25, 0.3) is 0 Å². The fourth-order valence-corrected chi connectivity index (χ4v) is 3.50. The Morgan fingerprint density at radius 1 is 1.45 bits per heavy atom. The predicted molar refractivity (Wildman–Crippen MR) is 67.9 cm³/mol. The van der Waals surface area contributed by atoms with Crippen LogP contribution in [0.2, 0.25) is 0 Å². The van der Waals surface area contributed by atoms with Crippen LogP contribution in [0.1, 0.15) is 11.1 Å². The molecule has 6 nitrogen and oxygen atoms in total. The molecule has 0 aliphatic carbocycles. The second-order valence-corrected chi connectivity index (χ2v) is 6.91. The van der Waals surface area contributed by atoms with E-state index < -0.39 is 46.3 Å². The van der Waals surface area contributed by atoms with Gasteiger partial charge in [-0.3, -0.25) is 0 Å². The summed E-state index contributed by atoms with van der Waals surface area (Å²) >= 11 is 0. The van der Waals surface area contributed by atoms with Gasteiger partial charge in [-0.1, -0.05) is 12.1 Å². The highest BCUT2D eigenvalue weighted by Gasteiger charge is 2.52. The van der Waals surface area contributed by atoms with Gasteiger partial charge in [0.2, 0.25) is 10.0 Å². The second-order valence-electron chi connectivity index (χ2n) is 4.94. The number of aryl methyl sites for hydroxylation is 1. The molecule has 20 heavy (non-hydrogen) atoms. The highest BCUT2D eigenvalue weighted by molar-refractivity contribution is 7.88. The summed E-state index contributed by atoms with van der Waals surface area (Å²) in [5.41, 5.74) is -1.33. The third-order valence-corrected chi connectivity index (χ3v) is 5.00. The van der Waals surface area contributed by atoms with Gasteiger partial charge in [-0.2, -0.15) is 4.31 Å². The number of nitrogens with zero attached hydrogens (tertiary/aromatic N) is 1. The number of hydrogen-bond donors (Lipinski definition) is 2. The lowest BCUT2D eigenvalue weighted by Gasteiger charge is -2.42. The maximum Gasteiger partial charge on any atom is 0.338 e. The van der Waals surface area contributed by atoms with E-state index in [0.717, 1.165) is 10.4 Å². The van der Waals surface area contributed by atoms with Gasteiger partial charge in [0.05, 0.1) is 18.8 Å². The molecule has 0 amide bonds. The van der Waals surface area contributed by atoms with Crippen molar-refractivity contribution in [1.29, 1.82) is 0 Å². The van der Waals surface area contributed by atoms with Crippen molar-refractivity contribution in [3.05, 3.63) is 35.1 Å². The zero-order chi connectivity index (χ0) is 15.1. The molecule has 1 aliphatic rings. The highest BCUT2D eigenvalue weighted by atomic mass is 32.2. The molecule has 0 radical (unpaired) electrons. The van der Waals surface area contributed by atoms with Crippen molar-refractivity contribution in [1.82, 2.24) is 4.31 Å². The molecule has 8 heteroatoms. The van der Waals surface area contributed by atoms with Gasteiger partial charge in [-0.25, -0.2) is 17.6 Å². The van der Waals surface area contributed by atoms with E-state index in [-0.39, 0.29) is 5.56 Å². The minimum atomic E-state index is -3.77. The number of carbonyl (C=O) groups is 1. The van der Waals surface area contributed by atoms with Crippen LogP contribution in [0.25, 0.3) is 0 Å². The van der Waals surface area contributed by atoms with Gasteiger partial charge >= 0.3 is 5.97 Å². The Hall–Kier alpha value is -1.51. The minimum absolute atomic E-state index is 0.277. The summed E-state index contributed by atoms with van der Waals surface area (Å²) in [4.78, 5) is 10.7. The molecule has 0 atom stereocenters. The Labute approximate surface area is 115 Å². The van der Waals surface area contributed by atoms with Crippen molar-refractivity contribution in [2.45, 2.75) is 18.3 Å². The standard InChI is InChI=1S/C12H14FNO5S/c1-8-2-3-9(4-10(8)13)5-20(18,19)14-6-12(17,7-14)11(15)16/h2-4,17H,5-7H2,1H3,(H,15,16). The van der Waals surface area contributed by atoms with Crippen LogP contribution in [0.15, 0.2) is 18.2 Å². The lowest BCUT2D eigenvalue weighted by atomic mass is 9.98. The zero-order valence-corrected chi connectivity index (χ0v) is 11.5. The molecule has 1 saturated heterocycles. The van der Waals surface area contributed by atoms with Crippen molar-refractivity contribution in [2.24, 2.45) is 0 Å². The highest BCUT2D eigenvalue weighted by Crippen LogP contribution is 2.26. The fourth-order valence-electron chi connectivity index (χ4n) is 1.90. The largest absolute Gasteiger partial charge is 0.479 e. The number of carboxylic acids is 1. The monoisotopic (exact) mass is 303 g/mol. The Balaban J connectivity index is 2.10. The molecule has 0 bridgehead atoms. The van der Waals surface area contributed by atoms with Crippen LogP contribution in [0.4, 0.5) is 4.39 Å². The van der Waals surface area contributed by atoms with E-state index in [1.165, 1.54) is 12.1 Å². The summed E-state index contributed by atoms with van der Waals surface area (Å²) in [5.74, 6) is -2.38. The minimum Gasteiger partial charge on any atom is -0.479 e. The number of aliphatic carboxylic acids is 1. The molecule has 1 aromatic carbocycles. The van der Waals surface area contributed by atoms with E-state index >= 15 is 0 Å². The lowest BCUT2D eigenvalue weighted by molar-refractivity contribution is -0.170. The molecular weight excluding hydrogens is 289 g/mol. The number of sulfonamides is 1. The molecule has 1 aromatic rings. The van der Waals surface area contributed by atoms with Crippen molar-refractivity contribution in [3.8, 4) is 0 Å². The van der Waals surface area contributed by atoms with Gasteiger partial charge < -0.3 is 10.2 Å². The van der Waals surface area contributed by atoms with Crippen LogP contribution >= 0.6 is 0 Å². The third kappa shape index (κ3) is 2.67. The molecular formula is C12H14FNO5S. The number of rotatable bonds is 4. The first-order valence-corrected chi connectivity index (χ1v) is 7.44. The number of carboxylic acid groups (broad SMARTS) is 1. The zero-order valence-electron chi connectivity index (χ0n) is 10.7. The van der Waals surface area contributed by atoms with E-state index in [4.69, 9.17) is 5.11 Å². The van der Waals surface area contributed by atoms with Crippen molar-refractivity contribution < 1.29 is 27.8 Å². The molecule has 110 valence electrons. The molecule has 0 spiro atoms. The first kappa shape index (κ1) is 14.9. The van der Waals surface area contributed by atoms with Gasteiger partial charge in [-0.05, 0) is 24.1 Å². The Kier molecular flexibility index (Phi) is 3.57. The number of halogens is 1. The summed E-state index contributed by atoms with van der Waals surface area (Å²) < 4.78 is 38.2. The van der Waals surface area contributed by atoms with Crippen molar-refractivity contribution >= 4 is 16.0 Å². The van der Waals surface area contributed by atoms with Crippen LogP contribution < -0.4 is 0 Å². The molecule has 0 saturated carbocycles. The van der Waals surface area contributed by atoms with Crippen LogP contribution in [-0.4, -0.2) is 47.6 Å². The summed E-state index contributed by atoms with van der Waals surface area (Å²) in [7, 11) is -3.77. The third-order valence-electron chi connectivity index (χ3n) is 3.25. The van der Waals surface area contributed by atoms with Crippen LogP contribution in [0.5, 0.6) is 0 Å². The average molecular weight is 303 g/mol. The number of benzene rings is 1. The summed E-state index contributed by atoms with van der Waals surface area (Å²) in [6.45, 7) is 0.591. The molecule has 0 aromatic heterocycles.